The van der Waals surface area contributed by atoms with Crippen LogP contribution in [-0.4, -0.2) is 42.7 Å². The molecule has 1 aliphatic rings. The van der Waals surface area contributed by atoms with Gasteiger partial charge in [0.05, 0.1) is 0 Å². The summed E-state index contributed by atoms with van der Waals surface area (Å²) in [6.45, 7) is 2.29. The average Bonchev–Trinajstić information content (AvgIpc) is 2.70. The fourth-order valence-electron chi connectivity index (χ4n) is 3.47. The first kappa shape index (κ1) is 21.7. The Morgan fingerprint density at radius 2 is 1.97 bits per heavy atom. The summed E-state index contributed by atoms with van der Waals surface area (Å²) in [7, 11) is -3.74. The lowest BCUT2D eigenvalue weighted by atomic mass is 9.96. The average molecular weight is 440 g/mol. The van der Waals surface area contributed by atoms with Crippen LogP contribution in [0.2, 0.25) is 5.15 Å². The largest absolute Gasteiger partial charge is 0.353 e. The highest BCUT2D eigenvalue weighted by molar-refractivity contribution is 7.89. The number of hydrogen-bond acceptors (Lipinski definition) is 4. The van der Waals surface area contributed by atoms with Crippen LogP contribution in [-0.2, 0) is 21.2 Å². The van der Waals surface area contributed by atoms with Crippen LogP contribution in [0.3, 0.4) is 0 Å². The van der Waals surface area contributed by atoms with E-state index < -0.39 is 10.0 Å². The number of nitrogens with one attached hydrogen (secondary N) is 1. The van der Waals surface area contributed by atoms with Crippen LogP contribution in [0.4, 0.5) is 4.39 Å². The monoisotopic (exact) mass is 439 g/mol. The fraction of sp³-hybridized carbons (Fsp3) is 0.400. The van der Waals surface area contributed by atoms with Gasteiger partial charge in [0.2, 0.25) is 15.9 Å². The standard InChI is InChI=1S/C20H23ClFN3O3S/c1-14(13-16-5-2-3-6-17(16)22)24-20(26)15-8-11-25(12-9-15)29(27,28)18-7-4-10-23-19(18)21/h2-7,10,14-15H,8-9,11-13H2,1H3,(H,24,26). The number of benzene rings is 1. The zero-order chi connectivity index (χ0) is 21.0. The Bertz CT molecular complexity index is 978. The van der Waals surface area contributed by atoms with Crippen LogP contribution in [0.25, 0.3) is 0 Å². The van der Waals surface area contributed by atoms with Gasteiger partial charge in [0.25, 0.3) is 0 Å². The molecule has 1 fully saturated rings. The molecule has 9 heteroatoms. The molecule has 6 nitrogen and oxygen atoms in total. The molecule has 1 aromatic heterocycles. The molecule has 0 saturated carbocycles. The van der Waals surface area contributed by atoms with Gasteiger partial charge < -0.3 is 5.32 Å². The third-order valence-corrected chi connectivity index (χ3v) is 7.38. The van der Waals surface area contributed by atoms with Crippen molar-refractivity contribution in [3.8, 4) is 0 Å². The Balaban J connectivity index is 1.55. The molecule has 1 unspecified atom stereocenters. The molecule has 0 spiro atoms. The van der Waals surface area contributed by atoms with Crippen LogP contribution in [0, 0.1) is 11.7 Å². The van der Waals surface area contributed by atoms with E-state index in [0.29, 0.717) is 24.8 Å². The number of aromatic nitrogens is 1. The normalized spacial score (nSPS) is 17.1. The predicted molar refractivity (Wildman–Crippen MR) is 108 cm³/mol. The highest BCUT2D eigenvalue weighted by atomic mass is 35.5. The third kappa shape index (κ3) is 5.12. The number of piperidine rings is 1. The predicted octanol–water partition coefficient (Wildman–Crippen LogP) is 3.02. The summed E-state index contributed by atoms with van der Waals surface area (Å²) in [6, 6.07) is 9.21. The molecule has 1 N–H and O–H groups in total. The number of rotatable bonds is 6. The number of carbonyl (C=O) groups excluding carboxylic acids is 1. The van der Waals surface area contributed by atoms with Crippen molar-refractivity contribution >= 4 is 27.5 Å². The molecule has 2 aromatic rings. The second-order valence-electron chi connectivity index (χ2n) is 7.18. The van der Waals surface area contributed by atoms with Gasteiger partial charge in [-0.15, -0.1) is 0 Å². The topological polar surface area (TPSA) is 79.4 Å². The van der Waals surface area contributed by atoms with Crippen molar-refractivity contribution in [3.05, 3.63) is 59.1 Å². The van der Waals surface area contributed by atoms with Crippen molar-refractivity contribution in [2.45, 2.75) is 37.1 Å². The molecule has 3 rings (SSSR count). The maximum absolute atomic E-state index is 13.8. The first-order chi connectivity index (χ1) is 13.8. The lowest BCUT2D eigenvalue weighted by Gasteiger charge is -2.31. The summed E-state index contributed by atoms with van der Waals surface area (Å²) in [5.41, 5.74) is 0.551. The van der Waals surface area contributed by atoms with Crippen molar-refractivity contribution in [1.29, 1.82) is 0 Å². The van der Waals surface area contributed by atoms with Gasteiger partial charge in [-0.25, -0.2) is 17.8 Å². The van der Waals surface area contributed by atoms with E-state index in [9.17, 15) is 17.6 Å². The van der Waals surface area contributed by atoms with E-state index in [-0.39, 0.29) is 46.8 Å². The highest BCUT2D eigenvalue weighted by Gasteiger charge is 2.33. The van der Waals surface area contributed by atoms with Crippen LogP contribution in [0.15, 0.2) is 47.5 Å². The minimum absolute atomic E-state index is 0.0249. The summed E-state index contributed by atoms with van der Waals surface area (Å²) in [5.74, 6) is -0.708. The molecule has 156 valence electrons. The molecule has 2 heterocycles. The fourth-order valence-corrected chi connectivity index (χ4v) is 5.36. The van der Waals surface area contributed by atoms with Crippen molar-refractivity contribution in [3.63, 3.8) is 0 Å². The van der Waals surface area contributed by atoms with Gasteiger partial charge in [-0.3, -0.25) is 4.79 Å². The minimum atomic E-state index is -3.74. The van der Waals surface area contributed by atoms with E-state index in [4.69, 9.17) is 11.6 Å². The molecule has 1 aromatic carbocycles. The molecule has 1 amide bonds. The second kappa shape index (κ2) is 9.19. The number of halogens is 2. The SMILES string of the molecule is CC(Cc1ccccc1F)NC(=O)C1CCN(S(=O)(=O)c2cccnc2Cl)CC1. The summed E-state index contributed by atoms with van der Waals surface area (Å²) in [5, 5.41) is 2.85. The molecule has 1 saturated heterocycles. The van der Waals surface area contributed by atoms with Crippen LogP contribution >= 0.6 is 11.6 Å². The zero-order valence-corrected chi connectivity index (χ0v) is 17.6. The molecule has 0 radical (unpaired) electrons. The van der Waals surface area contributed by atoms with E-state index in [2.05, 4.69) is 10.3 Å². The number of hydrogen-bond donors (Lipinski definition) is 1. The van der Waals surface area contributed by atoms with Crippen molar-refractivity contribution < 1.29 is 17.6 Å². The van der Waals surface area contributed by atoms with Gasteiger partial charge in [0, 0.05) is 31.2 Å². The summed E-state index contributed by atoms with van der Waals surface area (Å²) < 4.78 is 40.6. The first-order valence-corrected chi connectivity index (χ1v) is 11.3. The van der Waals surface area contributed by atoms with Crippen LogP contribution < -0.4 is 5.32 Å². The van der Waals surface area contributed by atoms with E-state index in [1.807, 2.05) is 6.92 Å². The van der Waals surface area contributed by atoms with Gasteiger partial charge in [0.15, 0.2) is 0 Å². The van der Waals surface area contributed by atoms with Gasteiger partial charge >= 0.3 is 0 Å². The van der Waals surface area contributed by atoms with Crippen LogP contribution in [0.1, 0.15) is 25.3 Å². The Labute approximate surface area is 175 Å². The quantitative estimate of drug-likeness (QED) is 0.701. The molecular formula is C20H23ClFN3O3S. The lowest BCUT2D eigenvalue weighted by Crippen LogP contribution is -2.45. The van der Waals surface area contributed by atoms with Crippen LogP contribution in [0.5, 0.6) is 0 Å². The molecule has 1 atom stereocenters. The Morgan fingerprint density at radius 1 is 1.28 bits per heavy atom. The Morgan fingerprint density at radius 3 is 2.62 bits per heavy atom. The van der Waals surface area contributed by atoms with Crippen molar-refractivity contribution in [2.24, 2.45) is 5.92 Å². The van der Waals surface area contributed by atoms with Gasteiger partial charge in [0.1, 0.15) is 15.9 Å². The Kier molecular flexibility index (Phi) is 6.87. The van der Waals surface area contributed by atoms with E-state index in [0.717, 1.165) is 0 Å². The summed E-state index contributed by atoms with van der Waals surface area (Å²) in [6.07, 6.45) is 2.65. The zero-order valence-electron chi connectivity index (χ0n) is 16.0. The van der Waals surface area contributed by atoms with E-state index in [1.165, 1.54) is 28.7 Å². The molecule has 0 aliphatic carbocycles. The molecular weight excluding hydrogens is 417 g/mol. The molecule has 29 heavy (non-hydrogen) atoms. The maximum Gasteiger partial charge on any atom is 0.246 e. The number of pyridine rings is 1. The van der Waals surface area contributed by atoms with E-state index >= 15 is 0 Å². The van der Waals surface area contributed by atoms with E-state index in [1.54, 1.807) is 18.2 Å². The smallest absolute Gasteiger partial charge is 0.246 e. The first-order valence-electron chi connectivity index (χ1n) is 9.43. The molecule has 0 bridgehead atoms. The number of sulfonamides is 1. The summed E-state index contributed by atoms with van der Waals surface area (Å²) >= 11 is 5.93. The molecule has 1 aliphatic heterocycles. The third-order valence-electron chi connectivity index (χ3n) is 5.04. The maximum atomic E-state index is 13.8. The number of carbonyl (C=O) groups is 1. The highest BCUT2D eigenvalue weighted by Crippen LogP contribution is 2.27. The number of nitrogens with zero attached hydrogens (tertiary/aromatic N) is 2. The van der Waals surface area contributed by atoms with Gasteiger partial charge in [-0.05, 0) is 49.9 Å². The van der Waals surface area contributed by atoms with Gasteiger partial charge in [-0.1, -0.05) is 29.8 Å². The summed E-state index contributed by atoms with van der Waals surface area (Å²) in [4.78, 5) is 16.4. The van der Waals surface area contributed by atoms with Gasteiger partial charge in [-0.2, -0.15) is 4.31 Å². The minimum Gasteiger partial charge on any atom is -0.353 e. The van der Waals surface area contributed by atoms with Crippen molar-refractivity contribution in [1.82, 2.24) is 14.6 Å². The van der Waals surface area contributed by atoms with Crippen molar-refractivity contribution in [2.75, 3.05) is 13.1 Å². The second-order valence-corrected chi connectivity index (χ2v) is 9.44. The lowest BCUT2D eigenvalue weighted by molar-refractivity contribution is -0.126. The number of amides is 1. The Hall–Kier alpha value is -2.03.